The van der Waals surface area contributed by atoms with Crippen molar-refractivity contribution in [2.24, 2.45) is 5.73 Å². The number of phenolic OH excluding ortho intramolecular Hbond substituents is 1. The molecule has 0 saturated heterocycles. The first-order valence-electron chi connectivity index (χ1n) is 6.40. The van der Waals surface area contributed by atoms with E-state index < -0.39 is 6.04 Å². The van der Waals surface area contributed by atoms with Crippen LogP contribution in [0.3, 0.4) is 0 Å². The van der Waals surface area contributed by atoms with Crippen LogP contribution in [-0.4, -0.2) is 17.1 Å². The first-order chi connectivity index (χ1) is 9.56. The number of amides is 1. The maximum absolute atomic E-state index is 11.9. The molecule has 1 amide bonds. The number of hydrogen-bond donors (Lipinski definition) is 3. The highest BCUT2D eigenvalue weighted by Crippen LogP contribution is 2.15. The molecule has 4 N–H and O–H groups in total. The van der Waals surface area contributed by atoms with E-state index in [-0.39, 0.29) is 11.7 Å². The molecule has 1 atom stereocenters. The second-order valence-corrected chi connectivity index (χ2v) is 5.72. The Bertz CT molecular complexity index is 578. The number of hydrogen-bond acceptors (Lipinski definition) is 4. The van der Waals surface area contributed by atoms with Crippen molar-refractivity contribution in [2.75, 3.05) is 0 Å². The second-order valence-electron chi connectivity index (χ2n) is 4.72. The molecule has 0 aliphatic rings. The number of benzene rings is 1. The molecule has 0 bridgehead atoms. The van der Waals surface area contributed by atoms with Crippen LogP contribution in [0.15, 0.2) is 35.7 Å². The molecule has 0 aliphatic carbocycles. The molecule has 1 aromatic heterocycles. The number of aromatic hydroxyl groups is 1. The fourth-order valence-corrected chi connectivity index (χ4v) is 2.71. The highest BCUT2D eigenvalue weighted by atomic mass is 32.1. The van der Waals surface area contributed by atoms with Gasteiger partial charge in [-0.15, -0.1) is 11.3 Å². The molecular weight excluding hydrogens is 272 g/mol. The van der Waals surface area contributed by atoms with Crippen LogP contribution in [-0.2, 0) is 17.8 Å². The molecule has 106 valence electrons. The smallest absolute Gasteiger partial charge is 0.237 e. The van der Waals surface area contributed by atoms with Crippen molar-refractivity contribution < 1.29 is 9.90 Å². The molecule has 0 unspecified atom stereocenters. The number of thiophene rings is 1. The van der Waals surface area contributed by atoms with Crippen LogP contribution in [0.2, 0.25) is 0 Å². The summed E-state index contributed by atoms with van der Waals surface area (Å²) in [6, 6.07) is 8.17. The van der Waals surface area contributed by atoms with Gasteiger partial charge in [0.2, 0.25) is 5.91 Å². The minimum absolute atomic E-state index is 0.161. The lowest BCUT2D eigenvalue weighted by molar-refractivity contribution is -0.122. The van der Waals surface area contributed by atoms with Crippen LogP contribution in [0, 0.1) is 6.92 Å². The van der Waals surface area contributed by atoms with Gasteiger partial charge in [0, 0.05) is 4.88 Å². The Balaban J connectivity index is 1.86. The first-order valence-corrected chi connectivity index (χ1v) is 7.28. The summed E-state index contributed by atoms with van der Waals surface area (Å²) in [5.41, 5.74) is 8.00. The Hall–Kier alpha value is -1.85. The quantitative estimate of drug-likeness (QED) is 0.788. The Labute approximate surface area is 122 Å². The molecule has 4 nitrogen and oxygen atoms in total. The van der Waals surface area contributed by atoms with Gasteiger partial charge in [-0.1, -0.05) is 12.1 Å². The summed E-state index contributed by atoms with van der Waals surface area (Å²) in [7, 11) is 0. The third-order valence-electron chi connectivity index (χ3n) is 3.12. The van der Waals surface area contributed by atoms with Crippen molar-refractivity contribution >= 4 is 17.2 Å². The third kappa shape index (κ3) is 3.82. The fourth-order valence-electron chi connectivity index (χ4n) is 1.86. The van der Waals surface area contributed by atoms with Crippen molar-refractivity contribution in [3.05, 3.63) is 51.7 Å². The molecule has 1 aromatic carbocycles. The van der Waals surface area contributed by atoms with Crippen LogP contribution >= 0.6 is 11.3 Å². The van der Waals surface area contributed by atoms with Gasteiger partial charge in [-0.2, -0.15) is 0 Å². The van der Waals surface area contributed by atoms with Crippen molar-refractivity contribution in [1.82, 2.24) is 5.32 Å². The summed E-state index contributed by atoms with van der Waals surface area (Å²) in [5, 5.41) is 14.1. The predicted octanol–water partition coefficient (Wildman–Crippen LogP) is 1.95. The maximum Gasteiger partial charge on any atom is 0.237 e. The van der Waals surface area contributed by atoms with E-state index in [1.165, 1.54) is 5.56 Å². The van der Waals surface area contributed by atoms with Crippen molar-refractivity contribution in [3.8, 4) is 5.75 Å². The highest BCUT2D eigenvalue weighted by molar-refractivity contribution is 7.10. The number of rotatable bonds is 5. The number of nitrogens with one attached hydrogen (secondary N) is 1. The molecule has 2 aromatic rings. The molecule has 0 spiro atoms. The normalized spacial score (nSPS) is 12.1. The predicted molar refractivity (Wildman–Crippen MR) is 80.7 cm³/mol. The van der Waals surface area contributed by atoms with Gasteiger partial charge < -0.3 is 16.2 Å². The van der Waals surface area contributed by atoms with Crippen LogP contribution in [0.25, 0.3) is 0 Å². The van der Waals surface area contributed by atoms with E-state index in [4.69, 9.17) is 5.73 Å². The zero-order chi connectivity index (χ0) is 14.5. The molecule has 0 saturated carbocycles. The Morgan fingerprint density at radius 1 is 1.35 bits per heavy atom. The molecule has 5 heteroatoms. The number of phenols is 1. The van der Waals surface area contributed by atoms with Crippen molar-refractivity contribution in [2.45, 2.75) is 25.9 Å². The molecule has 20 heavy (non-hydrogen) atoms. The lowest BCUT2D eigenvalue weighted by Crippen LogP contribution is -2.41. The summed E-state index contributed by atoms with van der Waals surface area (Å²) in [5.74, 6) is 0.0471. The van der Waals surface area contributed by atoms with E-state index in [9.17, 15) is 9.90 Å². The summed E-state index contributed by atoms with van der Waals surface area (Å²) < 4.78 is 0. The Kier molecular flexibility index (Phi) is 4.76. The number of carbonyl (C=O) groups excluding carboxylic acids is 1. The second kappa shape index (κ2) is 6.54. The molecule has 0 fully saturated rings. The van der Waals surface area contributed by atoms with Crippen LogP contribution in [0.5, 0.6) is 5.75 Å². The fraction of sp³-hybridized carbons (Fsp3) is 0.267. The monoisotopic (exact) mass is 290 g/mol. The minimum Gasteiger partial charge on any atom is -0.508 e. The summed E-state index contributed by atoms with van der Waals surface area (Å²) in [6.07, 6.45) is 0.454. The summed E-state index contributed by atoms with van der Waals surface area (Å²) >= 11 is 1.63. The standard InChI is InChI=1S/C15H18N2O2S/c1-10-6-7-20-14(10)9-17-15(19)13(16)8-11-2-4-12(18)5-3-11/h2-7,13,18H,8-9,16H2,1H3,(H,17,19)/t13-/m1/s1. The zero-order valence-electron chi connectivity index (χ0n) is 11.3. The van der Waals surface area contributed by atoms with Gasteiger partial charge in [0.25, 0.3) is 0 Å². The lowest BCUT2D eigenvalue weighted by atomic mass is 10.1. The van der Waals surface area contributed by atoms with Gasteiger partial charge in [0.05, 0.1) is 12.6 Å². The van der Waals surface area contributed by atoms with E-state index in [1.54, 1.807) is 35.6 Å². The highest BCUT2D eigenvalue weighted by Gasteiger charge is 2.14. The zero-order valence-corrected chi connectivity index (χ0v) is 12.1. The van der Waals surface area contributed by atoms with Crippen LogP contribution in [0.4, 0.5) is 0 Å². The van der Waals surface area contributed by atoms with Gasteiger partial charge in [0.1, 0.15) is 5.75 Å². The van der Waals surface area contributed by atoms with Crippen molar-refractivity contribution in [1.29, 1.82) is 0 Å². The Morgan fingerprint density at radius 2 is 2.05 bits per heavy atom. The topological polar surface area (TPSA) is 75.4 Å². The van der Waals surface area contributed by atoms with Gasteiger partial charge in [-0.3, -0.25) is 4.79 Å². The number of nitrogens with two attached hydrogens (primary N) is 1. The Morgan fingerprint density at radius 3 is 2.65 bits per heavy atom. The average molecular weight is 290 g/mol. The molecular formula is C15H18N2O2S. The van der Waals surface area contributed by atoms with E-state index >= 15 is 0 Å². The van der Waals surface area contributed by atoms with Crippen molar-refractivity contribution in [3.63, 3.8) is 0 Å². The van der Waals surface area contributed by atoms with E-state index in [0.717, 1.165) is 10.4 Å². The SMILES string of the molecule is Cc1ccsc1CNC(=O)[C@H](N)Cc1ccc(O)cc1. The van der Waals surface area contributed by atoms with Crippen LogP contribution < -0.4 is 11.1 Å². The number of carbonyl (C=O) groups is 1. The summed E-state index contributed by atoms with van der Waals surface area (Å²) in [6.45, 7) is 2.54. The average Bonchev–Trinajstić information content (AvgIpc) is 2.84. The van der Waals surface area contributed by atoms with Gasteiger partial charge in [-0.05, 0) is 48.1 Å². The maximum atomic E-state index is 11.9. The van der Waals surface area contributed by atoms with E-state index in [0.29, 0.717) is 13.0 Å². The number of aryl methyl sites for hydroxylation is 1. The molecule has 0 aliphatic heterocycles. The van der Waals surface area contributed by atoms with Crippen LogP contribution in [0.1, 0.15) is 16.0 Å². The lowest BCUT2D eigenvalue weighted by Gasteiger charge is -2.12. The van der Waals surface area contributed by atoms with Gasteiger partial charge in [-0.25, -0.2) is 0 Å². The molecule has 2 rings (SSSR count). The molecule has 0 radical (unpaired) electrons. The van der Waals surface area contributed by atoms with E-state index in [1.807, 2.05) is 18.4 Å². The third-order valence-corrected chi connectivity index (χ3v) is 4.14. The minimum atomic E-state index is -0.584. The first kappa shape index (κ1) is 14.6. The molecule has 1 heterocycles. The largest absolute Gasteiger partial charge is 0.508 e. The van der Waals surface area contributed by atoms with Gasteiger partial charge in [0.15, 0.2) is 0 Å². The summed E-state index contributed by atoms with van der Waals surface area (Å²) in [4.78, 5) is 13.1. The van der Waals surface area contributed by atoms with E-state index in [2.05, 4.69) is 5.32 Å². The van der Waals surface area contributed by atoms with Gasteiger partial charge >= 0.3 is 0 Å².